The van der Waals surface area contributed by atoms with Crippen molar-refractivity contribution in [2.75, 3.05) is 6.61 Å². The largest absolute Gasteiger partial charge is 0.443 e. The molecule has 6 heteroatoms. The summed E-state index contributed by atoms with van der Waals surface area (Å²) in [5, 5.41) is 2.10. The van der Waals surface area contributed by atoms with Crippen LogP contribution in [0.25, 0.3) is 0 Å². The molecule has 3 rings (SSSR count). The van der Waals surface area contributed by atoms with Gasteiger partial charge in [0, 0.05) is 6.08 Å². The van der Waals surface area contributed by atoms with E-state index in [0.29, 0.717) is 0 Å². The summed E-state index contributed by atoms with van der Waals surface area (Å²) in [6, 6.07) is 20.1. The molecule has 0 unspecified atom stereocenters. The molecule has 1 atom stereocenters. The Morgan fingerprint density at radius 2 is 1.41 bits per heavy atom. The molecular formula is C26H33NO4Si. The van der Waals surface area contributed by atoms with Gasteiger partial charge in [0.25, 0.3) is 14.2 Å². The summed E-state index contributed by atoms with van der Waals surface area (Å²) >= 11 is 0. The molecule has 32 heavy (non-hydrogen) atoms. The van der Waals surface area contributed by atoms with Crippen molar-refractivity contribution >= 4 is 30.7 Å². The number of hydrogen-bond donors (Lipinski definition) is 0. The van der Waals surface area contributed by atoms with Gasteiger partial charge in [0.1, 0.15) is 5.60 Å². The molecule has 1 heterocycles. The van der Waals surface area contributed by atoms with Crippen LogP contribution < -0.4 is 10.4 Å². The Morgan fingerprint density at radius 1 is 0.906 bits per heavy atom. The summed E-state index contributed by atoms with van der Waals surface area (Å²) in [5.74, 6) is -0.379. The lowest BCUT2D eigenvalue weighted by Crippen LogP contribution is -2.67. The SMILES string of the molecule is CC(C)(C)OC(=O)N1C(=O)C=C[C@@H]1CO[Si](c1ccccc1)(c1ccccc1)C(C)(C)C. The average Bonchev–Trinajstić information content (AvgIpc) is 3.08. The molecule has 1 aliphatic rings. The van der Waals surface area contributed by atoms with Crippen LogP contribution in [0.5, 0.6) is 0 Å². The molecule has 0 aliphatic carbocycles. The molecule has 0 saturated carbocycles. The van der Waals surface area contributed by atoms with Crippen LogP contribution in [0.2, 0.25) is 5.04 Å². The van der Waals surface area contributed by atoms with Gasteiger partial charge in [-0.25, -0.2) is 9.69 Å². The summed E-state index contributed by atoms with van der Waals surface area (Å²) in [4.78, 5) is 26.4. The second-order valence-corrected chi connectivity index (χ2v) is 14.4. The fourth-order valence-electron chi connectivity index (χ4n) is 4.16. The number of carbonyl (C=O) groups is 2. The van der Waals surface area contributed by atoms with E-state index in [9.17, 15) is 9.59 Å². The average molecular weight is 452 g/mol. The number of ether oxygens (including phenoxy) is 1. The minimum atomic E-state index is -2.77. The molecule has 2 aromatic rings. The topological polar surface area (TPSA) is 55.8 Å². The maximum Gasteiger partial charge on any atom is 0.417 e. The predicted octanol–water partition coefficient (Wildman–Crippen LogP) is 4.27. The number of rotatable bonds is 5. The molecule has 0 aromatic heterocycles. The normalized spacial score (nSPS) is 17.0. The van der Waals surface area contributed by atoms with Gasteiger partial charge in [0.05, 0.1) is 12.6 Å². The Bertz CT molecular complexity index is 935. The third-order valence-electron chi connectivity index (χ3n) is 5.51. The molecule has 0 fully saturated rings. The maximum absolute atomic E-state index is 12.7. The molecule has 2 aromatic carbocycles. The second-order valence-electron chi connectivity index (χ2n) is 10.1. The zero-order chi connectivity index (χ0) is 23.6. The fraction of sp³-hybridized carbons (Fsp3) is 0.385. The van der Waals surface area contributed by atoms with Crippen molar-refractivity contribution in [3.63, 3.8) is 0 Å². The first-order valence-electron chi connectivity index (χ1n) is 10.9. The van der Waals surface area contributed by atoms with Crippen molar-refractivity contribution in [2.24, 2.45) is 0 Å². The molecule has 0 bridgehead atoms. The highest BCUT2D eigenvalue weighted by molar-refractivity contribution is 6.99. The lowest BCUT2D eigenvalue weighted by molar-refractivity contribution is -0.125. The van der Waals surface area contributed by atoms with Crippen molar-refractivity contribution in [1.29, 1.82) is 0 Å². The van der Waals surface area contributed by atoms with E-state index in [4.69, 9.17) is 9.16 Å². The van der Waals surface area contributed by atoms with Crippen LogP contribution >= 0.6 is 0 Å². The van der Waals surface area contributed by atoms with Crippen molar-refractivity contribution < 1.29 is 18.8 Å². The Balaban J connectivity index is 1.98. The van der Waals surface area contributed by atoms with E-state index in [2.05, 4.69) is 45.0 Å². The van der Waals surface area contributed by atoms with Gasteiger partial charge in [0.15, 0.2) is 0 Å². The van der Waals surface area contributed by atoms with Crippen molar-refractivity contribution in [2.45, 2.75) is 58.2 Å². The molecule has 1 aliphatic heterocycles. The molecular weight excluding hydrogens is 418 g/mol. The van der Waals surface area contributed by atoms with Crippen molar-refractivity contribution in [1.82, 2.24) is 4.90 Å². The molecule has 0 radical (unpaired) electrons. The molecule has 2 amide bonds. The lowest BCUT2D eigenvalue weighted by atomic mass is 10.2. The van der Waals surface area contributed by atoms with E-state index in [-0.39, 0.29) is 17.6 Å². The van der Waals surface area contributed by atoms with E-state index in [1.807, 2.05) is 36.4 Å². The minimum Gasteiger partial charge on any atom is -0.443 e. The van der Waals surface area contributed by atoms with Gasteiger partial charge in [-0.2, -0.15) is 0 Å². The molecule has 0 spiro atoms. The number of imide groups is 1. The number of benzene rings is 2. The summed E-state index contributed by atoms with van der Waals surface area (Å²) in [7, 11) is -2.77. The van der Waals surface area contributed by atoms with Crippen LogP contribution in [-0.2, 0) is 14.0 Å². The zero-order valence-corrected chi connectivity index (χ0v) is 20.8. The van der Waals surface area contributed by atoms with Gasteiger partial charge in [-0.05, 0) is 36.2 Å². The third kappa shape index (κ3) is 4.86. The van der Waals surface area contributed by atoms with Crippen LogP contribution in [0.1, 0.15) is 41.5 Å². The predicted molar refractivity (Wildman–Crippen MR) is 130 cm³/mol. The fourth-order valence-corrected chi connectivity index (χ4v) is 8.74. The van der Waals surface area contributed by atoms with Gasteiger partial charge in [-0.15, -0.1) is 0 Å². The molecule has 170 valence electrons. The van der Waals surface area contributed by atoms with E-state index >= 15 is 0 Å². The van der Waals surface area contributed by atoms with E-state index in [1.54, 1.807) is 26.8 Å². The smallest absolute Gasteiger partial charge is 0.417 e. The van der Waals surface area contributed by atoms with E-state index in [0.717, 1.165) is 15.3 Å². The number of carbonyl (C=O) groups excluding carboxylic acids is 2. The standard InChI is InChI=1S/C26H33NO4Si/c1-25(2,3)31-24(29)27-20(17-18-23(27)28)19-30-32(26(4,5)6,21-13-9-7-10-14-21)22-15-11-8-12-16-22/h7-18,20H,19H2,1-6H3/t20-/m1/s1. The monoisotopic (exact) mass is 451 g/mol. The highest BCUT2D eigenvalue weighted by Gasteiger charge is 2.51. The molecule has 0 saturated heterocycles. The Morgan fingerprint density at radius 3 is 1.84 bits per heavy atom. The van der Waals surface area contributed by atoms with Gasteiger partial charge in [-0.1, -0.05) is 87.5 Å². The summed E-state index contributed by atoms with van der Waals surface area (Å²) in [6.45, 7) is 12.1. The second kappa shape index (κ2) is 9.04. The number of amides is 2. The third-order valence-corrected chi connectivity index (χ3v) is 10.5. The minimum absolute atomic E-state index is 0.196. The molecule has 0 N–H and O–H groups in total. The van der Waals surface area contributed by atoms with Crippen LogP contribution in [0.3, 0.4) is 0 Å². The van der Waals surface area contributed by atoms with Crippen LogP contribution in [0.4, 0.5) is 4.79 Å². The number of hydrogen-bond acceptors (Lipinski definition) is 4. The van der Waals surface area contributed by atoms with Gasteiger partial charge in [0.2, 0.25) is 0 Å². The summed E-state index contributed by atoms with van der Waals surface area (Å²) in [6.07, 6.45) is 2.50. The Labute approximate surface area is 192 Å². The lowest BCUT2D eigenvalue weighted by Gasteiger charge is -2.43. The van der Waals surface area contributed by atoms with E-state index < -0.39 is 26.1 Å². The number of nitrogens with zero attached hydrogens (tertiary/aromatic N) is 1. The zero-order valence-electron chi connectivity index (χ0n) is 19.8. The molecule has 5 nitrogen and oxygen atoms in total. The van der Waals surface area contributed by atoms with E-state index in [1.165, 1.54) is 6.08 Å². The van der Waals surface area contributed by atoms with Crippen LogP contribution in [0.15, 0.2) is 72.8 Å². The Kier molecular flexibility index (Phi) is 6.77. The summed E-state index contributed by atoms with van der Waals surface area (Å²) in [5.41, 5.74) is -0.691. The first-order valence-corrected chi connectivity index (χ1v) is 12.9. The Hall–Kier alpha value is -2.70. The van der Waals surface area contributed by atoms with Crippen molar-refractivity contribution in [3.05, 3.63) is 72.8 Å². The van der Waals surface area contributed by atoms with Crippen LogP contribution in [-0.4, -0.2) is 43.5 Å². The van der Waals surface area contributed by atoms with Crippen LogP contribution in [0, 0.1) is 0 Å². The first kappa shape index (κ1) is 23.9. The highest BCUT2D eigenvalue weighted by atomic mass is 28.4. The summed E-state index contributed by atoms with van der Waals surface area (Å²) < 4.78 is 12.4. The van der Waals surface area contributed by atoms with Gasteiger partial charge < -0.3 is 9.16 Å². The quantitative estimate of drug-likeness (QED) is 0.637. The first-order chi connectivity index (χ1) is 15.0. The van der Waals surface area contributed by atoms with Crippen molar-refractivity contribution in [3.8, 4) is 0 Å². The van der Waals surface area contributed by atoms with Gasteiger partial charge in [-0.3, -0.25) is 4.79 Å². The van der Waals surface area contributed by atoms with Gasteiger partial charge >= 0.3 is 6.09 Å². The maximum atomic E-state index is 12.7. The highest BCUT2D eigenvalue weighted by Crippen LogP contribution is 2.37.